The van der Waals surface area contributed by atoms with Crippen LogP contribution in [0.4, 0.5) is 13.2 Å². The first-order chi connectivity index (χ1) is 8.79. The van der Waals surface area contributed by atoms with Gasteiger partial charge in [0.15, 0.2) is 9.84 Å². The minimum absolute atomic E-state index is 0.125. The topological polar surface area (TPSA) is 34.1 Å². The summed E-state index contributed by atoms with van der Waals surface area (Å²) in [7, 11) is -3.65. The standard InChI is InChI=1S/C13H9F3O2S/c1-19(17,18)13-5-3-8(14)6-11(13)10-4-2-9(15)7-12(10)16/h2-7H,1H3. The Labute approximate surface area is 108 Å². The molecule has 0 radical (unpaired) electrons. The largest absolute Gasteiger partial charge is 0.224 e. The Morgan fingerprint density at radius 2 is 1.42 bits per heavy atom. The fourth-order valence-electron chi connectivity index (χ4n) is 1.74. The van der Waals surface area contributed by atoms with Gasteiger partial charge in [0, 0.05) is 23.4 Å². The van der Waals surface area contributed by atoms with Gasteiger partial charge in [-0.15, -0.1) is 0 Å². The van der Waals surface area contributed by atoms with Crippen molar-refractivity contribution in [3.63, 3.8) is 0 Å². The average molecular weight is 286 g/mol. The van der Waals surface area contributed by atoms with Crippen LogP contribution < -0.4 is 0 Å². The summed E-state index contributed by atoms with van der Waals surface area (Å²) in [5.41, 5.74) is -0.290. The summed E-state index contributed by atoms with van der Waals surface area (Å²) >= 11 is 0. The van der Waals surface area contributed by atoms with Crippen LogP contribution in [-0.2, 0) is 9.84 Å². The Balaban J connectivity index is 2.77. The molecule has 0 N–H and O–H groups in total. The van der Waals surface area contributed by atoms with Gasteiger partial charge in [0.2, 0.25) is 0 Å². The number of hydrogen-bond donors (Lipinski definition) is 0. The molecule has 0 heterocycles. The zero-order chi connectivity index (χ0) is 14.2. The molecule has 0 aliphatic carbocycles. The van der Waals surface area contributed by atoms with Crippen LogP contribution in [0.3, 0.4) is 0 Å². The fourth-order valence-corrected chi connectivity index (χ4v) is 2.63. The molecule has 0 fully saturated rings. The maximum absolute atomic E-state index is 13.7. The van der Waals surface area contributed by atoms with Crippen molar-refractivity contribution in [2.75, 3.05) is 6.26 Å². The Bertz CT molecular complexity index is 740. The van der Waals surface area contributed by atoms with Crippen LogP contribution >= 0.6 is 0 Å². The molecule has 0 aliphatic heterocycles. The van der Waals surface area contributed by atoms with E-state index in [1.807, 2.05) is 0 Å². The van der Waals surface area contributed by atoms with Crippen molar-refractivity contribution in [1.82, 2.24) is 0 Å². The highest BCUT2D eigenvalue weighted by atomic mass is 32.2. The minimum atomic E-state index is -3.65. The maximum atomic E-state index is 13.7. The van der Waals surface area contributed by atoms with E-state index in [0.717, 1.165) is 36.6 Å². The van der Waals surface area contributed by atoms with Gasteiger partial charge in [0.25, 0.3) is 0 Å². The lowest BCUT2D eigenvalue weighted by Gasteiger charge is -2.09. The van der Waals surface area contributed by atoms with E-state index in [1.54, 1.807) is 0 Å². The summed E-state index contributed by atoms with van der Waals surface area (Å²) < 4.78 is 63.0. The van der Waals surface area contributed by atoms with Gasteiger partial charge in [-0.25, -0.2) is 21.6 Å². The molecule has 2 aromatic rings. The van der Waals surface area contributed by atoms with Crippen molar-refractivity contribution in [2.24, 2.45) is 0 Å². The summed E-state index contributed by atoms with van der Waals surface area (Å²) in [6.45, 7) is 0. The maximum Gasteiger partial charge on any atom is 0.176 e. The van der Waals surface area contributed by atoms with E-state index >= 15 is 0 Å². The Kier molecular flexibility index (Phi) is 3.36. The van der Waals surface area contributed by atoms with Gasteiger partial charge < -0.3 is 0 Å². The predicted molar refractivity (Wildman–Crippen MR) is 64.9 cm³/mol. The van der Waals surface area contributed by atoms with Gasteiger partial charge in [-0.1, -0.05) is 0 Å². The summed E-state index contributed by atoms with van der Waals surface area (Å²) in [6.07, 6.45) is 0.936. The number of benzene rings is 2. The van der Waals surface area contributed by atoms with Crippen molar-refractivity contribution in [3.8, 4) is 11.1 Å². The van der Waals surface area contributed by atoms with Gasteiger partial charge in [-0.05, 0) is 30.3 Å². The third kappa shape index (κ3) is 2.78. The summed E-state index contributed by atoms with van der Waals surface area (Å²) in [5.74, 6) is -2.44. The zero-order valence-corrected chi connectivity index (χ0v) is 10.6. The molecule has 19 heavy (non-hydrogen) atoms. The van der Waals surface area contributed by atoms with Crippen LogP contribution in [0.2, 0.25) is 0 Å². The van der Waals surface area contributed by atoms with Crippen LogP contribution in [0.5, 0.6) is 0 Å². The van der Waals surface area contributed by atoms with Gasteiger partial charge in [0.05, 0.1) is 4.90 Å². The molecule has 0 saturated carbocycles. The smallest absolute Gasteiger partial charge is 0.176 e. The van der Waals surface area contributed by atoms with E-state index in [0.29, 0.717) is 6.07 Å². The number of hydrogen-bond acceptors (Lipinski definition) is 2. The van der Waals surface area contributed by atoms with Crippen LogP contribution in [0.1, 0.15) is 0 Å². The zero-order valence-electron chi connectivity index (χ0n) is 9.82. The molecule has 0 spiro atoms. The van der Waals surface area contributed by atoms with Crippen LogP contribution in [0.15, 0.2) is 41.3 Å². The highest BCUT2D eigenvalue weighted by molar-refractivity contribution is 7.90. The third-order valence-electron chi connectivity index (χ3n) is 2.56. The second-order valence-electron chi connectivity index (χ2n) is 4.04. The Morgan fingerprint density at radius 3 is 2.00 bits per heavy atom. The van der Waals surface area contributed by atoms with Gasteiger partial charge >= 0.3 is 0 Å². The molecular formula is C13H9F3O2S. The van der Waals surface area contributed by atoms with Gasteiger partial charge in [0.1, 0.15) is 17.5 Å². The highest BCUT2D eigenvalue weighted by Crippen LogP contribution is 2.30. The van der Waals surface area contributed by atoms with E-state index in [-0.39, 0.29) is 16.0 Å². The van der Waals surface area contributed by atoms with E-state index in [4.69, 9.17) is 0 Å². The van der Waals surface area contributed by atoms with Crippen molar-refractivity contribution in [1.29, 1.82) is 0 Å². The molecular weight excluding hydrogens is 277 g/mol. The quantitative estimate of drug-likeness (QED) is 0.795. The molecule has 0 bridgehead atoms. The van der Waals surface area contributed by atoms with Crippen molar-refractivity contribution >= 4 is 9.84 Å². The molecule has 0 amide bonds. The average Bonchev–Trinajstić information content (AvgIpc) is 2.27. The second kappa shape index (κ2) is 4.70. The molecule has 0 saturated heterocycles. The van der Waals surface area contributed by atoms with E-state index < -0.39 is 27.3 Å². The van der Waals surface area contributed by atoms with E-state index in [9.17, 15) is 21.6 Å². The molecule has 0 atom stereocenters. The lowest BCUT2D eigenvalue weighted by molar-refractivity contribution is 0.585. The monoisotopic (exact) mass is 286 g/mol. The Hall–Kier alpha value is -1.82. The first kappa shape index (κ1) is 13.6. The summed E-state index contributed by atoms with van der Waals surface area (Å²) in [5, 5.41) is 0. The molecule has 6 heteroatoms. The highest BCUT2D eigenvalue weighted by Gasteiger charge is 2.18. The predicted octanol–water partition coefficient (Wildman–Crippen LogP) is 3.17. The normalized spacial score (nSPS) is 11.6. The van der Waals surface area contributed by atoms with Crippen molar-refractivity contribution in [2.45, 2.75) is 4.90 Å². The lowest BCUT2D eigenvalue weighted by atomic mass is 10.0. The second-order valence-corrected chi connectivity index (χ2v) is 6.02. The summed E-state index contributed by atoms with van der Waals surface area (Å²) in [4.78, 5) is -0.209. The molecule has 0 aliphatic rings. The van der Waals surface area contributed by atoms with Crippen molar-refractivity contribution < 1.29 is 21.6 Å². The van der Waals surface area contributed by atoms with Crippen LogP contribution in [0.25, 0.3) is 11.1 Å². The van der Waals surface area contributed by atoms with Crippen molar-refractivity contribution in [3.05, 3.63) is 53.8 Å². The SMILES string of the molecule is CS(=O)(=O)c1ccc(F)cc1-c1ccc(F)cc1F. The molecule has 2 rings (SSSR count). The fraction of sp³-hybridized carbons (Fsp3) is 0.0769. The molecule has 2 aromatic carbocycles. The third-order valence-corrected chi connectivity index (χ3v) is 3.72. The van der Waals surface area contributed by atoms with E-state index in [1.165, 1.54) is 0 Å². The summed E-state index contributed by atoms with van der Waals surface area (Å²) in [6, 6.07) is 5.62. The number of sulfone groups is 1. The number of halogens is 3. The molecule has 2 nitrogen and oxygen atoms in total. The van der Waals surface area contributed by atoms with E-state index in [2.05, 4.69) is 0 Å². The van der Waals surface area contributed by atoms with Crippen LogP contribution in [0, 0.1) is 17.5 Å². The molecule has 100 valence electrons. The first-order valence-corrected chi connectivity index (χ1v) is 7.13. The minimum Gasteiger partial charge on any atom is -0.224 e. The lowest BCUT2D eigenvalue weighted by Crippen LogP contribution is -2.01. The number of rotatable bonds is 2. The molecule has 0 aromatic heterocycles. The van der Waals surface area contributed by atoms with Gasteiger partial charge in [-0.2, -0.15) is 0 Å². The van der Waals surface area contributed by atoms with Crippen LogP contribution in [-0.4, -0.2) is 14.7 Å². The first-order valence-electron chi connectivity index (χ1n) is 5.24. The molecule has 0 unspecified atom stereocenters. The Morgan fingerprint density at radius 1 is 0.842 bits per heavy atom. The van der Waals surface area contributed by atoms with Gasteiger partial charge in [-0.3, -0.25) is 0 Å².